The summed E-state index contributed by atoms with van der Waals surface area (Å²) in [6, 6.07) is 7.52. The predicted octanol–water partition coefficient (Wildman–Crippen LogP) is 3.72. The van der Waals surface area contributed by atoms with E-state index in [0.29, 0.717) is 12.8 Å². The Kier molecular flexibility index (Phi) is 6.68. The Labute approximate surface area is 121 Å². The molecule has 1 rings (SSSR count). The van der Waals surface area contributed by atoms with Crippen LogP contribution in [-0.4, -0.2) is 29.5 Å². The lowest BCUT2D eigenvalue weighted by Crippen LogP contribution is -2.34. The molecule has 0 bridgehead atoms. The van der Waals surface area contributed by atoms with Crippen molar-refractivity contribution in [2.24, 2.45) is 0 Å². The maximum atomic E-state index is 12.9. The molecule has 0 aliphatic rings. The van der Waals surface area contributed by atoms with Crippen LogP contribution >= 0.6 is 0 Å². The molecule has 0 aliphatic carbocycles. The first-order valence-corrected chi connectivity index (χ1v) is 6.85. The Hall–Kier alpha value is -1.56. The number of esters is 1. The number of aliphatic hydroxyl groups excluding tert-OH is 1. The van der Waals surface area contributed by atoms with Gasteiger partial charge in [0.15, 0.2) is 6.10 Å². The highest BCUT2D eigenvalue weighted by Crippen LogP contribution is 2.28. The van der Waals surface area contributed by atoms with E-state index >= 15 is 0 Å². The zero-order valence-corrected chi connectivity index (χ0v) is 11.8. The van der Waals surface area contributed by atoms with Gasteiger partial charge in [-0.15, -0.1) is 0 Å². The fourth-order valence-electron chi connectivity index (χ4n) is 1.88. The van der Waals surface area contributed by atoms with Crippen LogP contribution in [-0.2, 0) is 4.74 Å². The molecule has 0 fully saturated rings. The summed E-state index contributed by atoms with van der Waals surface area (Å²) in [5.74, 6) is -1.01. The van der Waals surface area contributed by atoms with Gasteiger partial charge in [-0.25, -0.2) is 4.79 Å². The summed E-state index contributed by atoms with van der Waals surface area (Å²) in [6.45, 7) is 1.83. The quantitative estimate of drug-likeness (QED) is 0.781. The minimum atomic E-state index is -4.64. The molecule has 6 heteroatoms. The molecule has 0 radical (unpaired) electrons. The summed E-state index contributed by atoms with van der Waals surface area (Å²) < 4.78 is 43.2. The highest BCUT2D eigenvalue weighted by atomic mass is 19.4. The minimum Gasteiger partial charge on any atom is -0.449 e. The number of carbonyl (C=O) groups is 1. The van der Waals surface area contributed by atoms with Crippen LogP contribution < -0.4 is 0 Å². The van der Waals surface area contributed by atoms with Crippen molar-refractivity contribution in [2.75, 3.05) is 0 Å². The first-order valence-electron chi connectivity index (χ1n) is 6.85. The molecule has 0 aliphatic heterocycles. The van der Waals surface area contributed by atoms with Crippen molar-refractivity contribution in [3.63, 3.8) is 0 Å². The number of hydrogen-bond donors (Lipinski definition) is 1. The molecule has 2 unspecified atom stereocenters. The van der Waals surface area contributed by atoms with Gasteiger partial charge in [0.2, 0.25) is 0 Å². The van der Waals surface area contributed by atoms with Gasteiger partial charge >= 0.3 is 12.1 Å². The molecule has 0 heterocycles. The highest BCUT2D eigenvalue weighted by molar-refractivity contribution is 5.89. The van der Waals surface area contributed by atoms with Crippen LogP contribution in [0.2, 0.25) is 0 Å². The largest absolute Gasteiger partial charge is 0.449 e. The van der Waals surface area contributed by atoms with Crippen LogP contribution in [0.25, 0.3) is 0 Å². The summed E-state index contributed by atoms with van der Waals surface area (Å²) in [4.78, 5) is 11.7. The molecule has 1 aromatic rings. The lowest BCUT2D eigenvalue weighted by atomic mass is 10.1. The van der Waals surface area contributed by atoms with E-state index in [1.165, 1.54) is 12.1 Å². The molecule has 1 aromatic carbocycles. The Balaban J connectivity index is 2.64. The van der Waals surface area contributed by atoms with E-state index in [9.17, 15) is 23.1 Å². The van der Waals surface area contributed by atoms with E-state index in [-0.39, 0.29) is 12.0 Å². The molecule has 0 saturated carbocycles. The van der Waals surface area contributed by atoms with Gasteiger partial charge in [0.25, 0.3) is 0 Å². The van der Waals surface area contributed by atoms with Crippen LogP contribution in [0.3, 0.4) is 0 Å². The van der Waals surface area contributed by atoms with Gasteiger partial charge < -0.3 is 9.84 Å². The van der Waals surface area contributed by atoms with E-state index in [2.05, 4.69) is 4.74 Å². The molecule has 0 spiro atoms. The van der Waals surface area contributed by atoms with Crippen molar-refractivity contribution in [1.29, 1.82) is 0 Å². The molecule has 118 valence electrons. The van der Waals surface area contributed by atoms with Gasteiger partial charge in [0.1, 0.15) is 0 Å². The van der Waals surface area contributed by atoms with Gasteiger partial charge in [-0.1, -0.05) is 31.5 Å². The molecule has 3 nitrogen and oxygen atoms in total. The number of carbonyl (C=O) groups excluding carboxylic acids is 1. The third-order valence-electron chi connectivity index (χ3n) is 3.01. The first kappa shape index (κ1) is 17.5. The van der Waals surface area contributed by atoms with Crippen LogP contribution in [0.15, 0.2) is 30.3 Å². The molecular weight excluding hydrogens is 285 g/mol. The second-order valence-corrected chi connectivity index (χ2v) is 4.82. The van der Waals surface area contributed by atoms with E-state index in [4.69, 9.17) is 0 Å². The van der Waals surface area contributed by atoms with E-state index < -0.39 is 30.8 Å². The summed E-state index contributed by atoms with van der Waals surface area (Å²) in [6.07, 6.45) is -7.04. The van der Waals surface area contributed by atoms with E-state index in [1.807, 2.05) is 6.92 Å². The number of halogens is 3. The van der Waals surface area contributed by atoms with Crippen LogP contribution in [0.4, 0.5) is 13.2 Å². The molecule has 0 aromatic heterocycles. The van der Waals surface area contributed by atoms with Gasteiger partial charge in [0.05, 0.1) is 11.7 Å². The first-order chi connectivity index (χ1) is 9.84. The molecule has 0 amide bonds. The van der Waals surface area contributed by atoms with Gasteiger partial charge in [-0.2, -0.15) is 13.2 Å². The van der Waals surface area contributed by atoms with Crippen molar-refractivity contribution >= 4 is 5.97 Å². The van der Waals surface area contributed by atoms with Gasteiger partial charge in [-0.05, 0) is 31.4 Å². The Bertz CT molecular complexity index is 432. The van der Waals surface area contributed by atoms with Crippen molar-refractivity contribution in [1.82, 2.24) is 0 Å². The van der Waals surface area contributed by atoms with E-state index in [0.717, 1.165) is 0 Å². The SMILES string of the molecule is CCCC(O)CCC(OC(=O)c1ccccc1)C(F)(F)F. The number of ether oxygens (including phenoxy) is 1. The van der Waals surface area contributed by atoms with Crippen molar-refractivity contribution in [3.05, 3.63) is 35.9 Å². The van der Waals surface area contributed by atoms with Crippen molar-refractivity contribution in [2.45, 2.75) is 51.0 Å². The standard InChI is InChI=1S/C15H19F3O3/c1-2-6-12(19)9-10-13(15(16,17)18)21-14(20)11-7-4-3-5-8-11/h3-5,7-8,12-13,19H,2,6,9-10H2,1H3. The number of aliphatic hydroxyl groups is 1. The normalized spacial score (nSPS) is 14.5. The third kappa shape index (κ3) is 6.16. The highest BCUT2D eigenvalue weighted by Gasteiger charge is 2.42. The van der Waals surface area contributed by atoms with Gasteiger partial charge in [-0.3, -0.25) is 0 Å². The molecule has 21 heavy (non-hydrogen) atoms. The summed E-state index contributed by atoms with van der Waals surface area (Å²) >= 11 is 0. The van der Waals surface area contributed by atoms with Crippen LogP contribution in [0, 0.1) is 0 Å². The Morgan fingerprint density at radius 2 is 1.81 bits per heavy atom. The van der Waals surface area contributed by atoms with Gasteiger partial charge in [0, 0.05) is 0 Å². The predicted molar refractivity (Wildman–Crippen MR) is 71.8 cm³/mol. The van der Waals surface area contributed by atoms with Crippen LogP contribution in [0.1, 0.15) is 43.0 Å². The fourth-order valence-corrected chi connectivity index (χ4v) is 1.88. The maximum Gasteiger partial charge on any atom is 0.425 e. The maximum absolute atomic E-state index is 12.9. The fraction of sp³-hybridized carbons (Fsp3) is 0.533. The Morgan fingerprint density at radius 3 is 2.33 bits per heavy atom. The molecular formula is C15H19F3O3. The zero-order chi connectivity index (χ0) is 15.9. The summed E-state index contributed by atoms with van der Waals surface area (Å²) in [5.41, 5.74) is 0.0702. The molecule has 2 atom stereocenters. The topological polar surface area (TPSA) is 46.5 Å². The summed E-state index contributed by atoms with van der Waals surface area (Å²) in [5, 5.41) is 9.51. The van der Waals surface area contributed by atoms with Crippen molar-refractivity contribution < 1.29 is 27.8 Å². The number of benzene rings is 1. The minimum absolute atomic E-state index is 0.0555. The Morgan fingerprint density at radius 1 is 1.19 bits per heavy atom. The van der Waals surface area contributed by atoms with Crippen LogP contribution in [0.5, 0.6) is 0 Å². The number of rotatable bonds is 7. The van der Waals surface area contributed by atoms with Crippen molar-refractivity contribution in [3.8, 4) is 0 Å². The van der Waals surface area contributed by atoms with E-state index in [1.54, 1.807) is 18.2 Å². The summed E-state index contributed by atoms with van der Waals surface area (Å²) in [7, 11) is 0. The lowest BCUT2D eigenvalue weighted by molar-refractivity contribution is -0.207. The second-order valence-electron chi connectivity index (χ2n) is 4.82. The number of alkyl halides is 3. The average molecular weight is 304 g/mol. The average Bonchev–Trinajstić information content (AvgIpc) is 2.43. The lowest BCUT2D eigenvalue weighted by Gasteiger charge is -2.21. The molecule has 1 N–H and O–H groups in total. The molecule has 0 saturated heterocycles. The third-order valence-corrected chi connectivity index (χ3v) is 3.01. The number of hydrogen-bond acceptors (Lipinski definition) is 3. The monoisotopic (exact) mass is 304 g/mol. The smallest absolute Gasteiger partial charge is 0.425 e. The zero-order valence-electron chi connectivity index (χ0n) is 11.8. The second kappa shape index (κ2) is 8.02.